The third-order valence-electron chi connectivity index (χ3n) is 7.69. The van der Waals surface area contributed by atoms with Gasteiger partial charge in [-0.3, -0.25) is 0 Å². The van der Waals surface area contributed by atoms with Crippen molar-refractivity contribution in [2.45, 2.75) is 86.5 Å². The standard InChI is InChI=1S/C21H38/c1-20(2,3)16-7-9-18-14(12-16)11-15-13-17(21(4,5)6)8-10-19(15)18/h14-19H,7-13H2,1-6H3. The zero-order valence-electron chi connectivity index (χ0n) is 15.4. The fourth-order valence-electron chi connectivity index (χ4n) is 6.21. The summed E-state index contributed by atoms with van der Waals surface area (Å²) in [7, 11) is 0. The fourth-order valence-corrected chi connectivity index (χ4v) is 6.21. The Labute approximate surface area is 133 Å². The van der Waals surface area contributed by atoms with E-state index in [0.29, 0.717) is 10.8 Å². The van der Waals surface area contributed by atoms with Crippen molar-refractivity contribution in [3.8, 4) is 0 Å². The zero-order chi connectivity index (χ0) is 15.4. The monoisotopic (exact) mass is 290 g/mol. The maximum Gasteiger partial charge on any atom is -0.0354 e. The van der Waals surface area contributed by atoms with Crippen LogP contribution in [0.4, 0.5) is 0 Å². The molecule has 0 aromatic carbocycles. The van der Waals surface area contributed by atoms with Gasteiger partial charge in [0.05, 0.1) is 0 Å². The van der Waals surface area contributed by atoms with Crippen LogP contribution in [0.3, 0.4) is 0 Å². The molecular formula is C21H38. The van der Waals surface area contributed by atoms with Crippen LogP contribution >= 0.6 is 0 Å². The van der Waals surface area contributed by atoms with Crippen LogP contribution in [-0.4, -0.2) is 0 Å². The summed E-state index contributed by atoms with van der Waals surface area (Å²) >= 11 is 0. The Morgan fingerprint density at radius 3 is 1.24 bits per heavy atom. The first-order valence-corrected chi connectivity index (χ1v) is 9.66. The molecule has 6 atom stereocenters. The van der Waals surface area contributed by atoms with E-state index in [4.69, 9.17) is 0 Å². The predicted molar refractivity (Wildman–Crippen MR) is 92.2 cm³/mol. The Bertz CT molecular complexity index is 330. The molecular weight excluding hydrogens is 252 g/mol. The van der Waals surface area contributed by atoms with Gasteiger partial charge < -0.3 is 0 Å². The van der Waals surface area contributed by atoms with Gasteiger partial charge in [-0.15, -0.1) is 0 Å². The molecule has 0 aromatic rings. The normalized spacial score (nSPS) is 44.3. The smallest absolute Gasteiger partial charge is 0.0354 e. The van der Waals surface area contributed by atoms with Crippen LogP contribution in [0, 0.1) is 46.3 Å². The summed E-state index contributed by atoms with van der Waals surface area (Å²) in [6.45, 7) is 14.8. The summed E-state index contributed by atoms with van der Waals surface area (Å²) in [6.07, 6.45) is 10.8. The summed E-state index contributed by atoms with van der Waals surface area (Å²) in [5.74, 6) is 6.34. The second kappa shape index (κ2) is 5.27. The number of hydrogen-bond acceptors (Lipinski definition) is 0. The molecule has 3 aliphatic carbocycles. The molecule has 6 unspecified atom stereocenters. The van der Waals surface area contributed by atoms with E-state index in [2.05, 4.69) is 41.5 Å². The summed E-state index contributed by atoms with van der Waals surface area (Å²) in [4.78, 5) is 0. The minimum atomic E-state index is 0.534. The van der Waals surface area contributed by atoms with E-state index in [1.54, 1.807) is 32.1 Å². The van der Waals surface area contributed by atoms with E-state index < -0.39 is 0 Å². The fraction of sp³-hybridized carbons (Fsp3) is 1.00. The van der Waals surface area contributed by atoms with Gasteiger partial charge in [0.2, 0.25) is 0 Å². The van der Waals surface area contributed by atoms with E-state index in [-0.39, 0.29) is 0 Å². The van der Waals surface area contributed by atoms with E-state index in [1.807, 2.05) is 0 Å². The Morgan fingerprint density at radius 1 is 0.524 bits per heavy atom. The third kappa shape index (κ3) is 3.06. The molecule has 0 radical (unpaired) electrons. The van der Waals surface area contributed by atoms with Gasteiger partial charge in [-0.05, 0) is 91.3 Å². The average Bonchev–Trinajstić information content (AvgIpc) is 2.73. The summed E-state index contributed by atoms with van der Waals surface area (Å²) < 4.78 is 0. The van der Waals surface area contributed by atoms with Gasteiger partial charge >= 0.3 is 0 Å². The Hall–Kier alpha value is 0. The molecule has 3 fully saturated rings. The van der Waals surface area contributed by atoms with E-state index in [1.165, 1.54) is 12.8 Å². The van der Waals surface area contributed by atoms with Crippen LogP contribution in [0.2, 0.25) is 0 Å². The molecule has 21 heavy (non-hydrogen) atoms. The van der Waals surface area contributed by atoms with Crippen LogP contribution < -0.4 is 0 Å². The highest BCUT2D eigenvalue weighted by Gasteiger charge is 2.49. The molecule has 0 amide bonds. The lowest BCUT2D eigenvalue weighted by molar-refractivity contribution is 0.0722. The van der Waals surface area contributed by atoms with Gasteiger partial charge in [-0.2, -0.15) is 0 Å². The molecule has 0 nitrogen and oxygen atoms in total. The third-order valence-corrected chi connectivity index (χ3v) is 7.69. The summed E-state index contributed by atoms with van der Waals surface area (Å²) in [6, 6.07) is 0. The van der Waals surface area contributed by atoms with Crippen molar-refractivity contribution in [2.24, 2.45) is 46.3 Å². The van der Waals surface area contributed by atoms with Crippen LogP contribution in [0.5, 0.6) is 0 Å². The van der Waals surface area contributed by atoms with E-state index >= 15 is 0 Å². The molecule has 0 heterocycles. The Balaban J connectivity index is 1.67. The van der Waals surface area contributed by atoms with Crippen molar-refractivity contribution in [3.05, 3.63) is 0 Å². The highest BCUT2D eigenvalue weighted by molar-refractivity contribution is 4.99. The summed E-state index contributed by atoms with van der Waals surface area (Å²) in [5, 5.41) is 0. The number of fused-ring (bicyclic) bond motifs is 3. The van der Waals surface area contributed by atoms with Crippen molar-refractivity contribution in [2.75, 3.05) is 0 Å². The van der Waals surface area contributed by atoms with Gasteiger partial charge in [0.25, 0.3) is 0 Å². The molecule has 3 saturated carbocycles. The van der Waals surface area contributed by atoms with Crippen LogP contribution in [0.25, 0.3) is 0 Å². The first kappa shape index (κ1) is 15.9. The van der Waals surface area contributed by atoms with Crippen molar-refractivity contribution >= 4 is 0 Å². The lowest BCUT2D eigenvalue weighted by Gasteiger charge is -2.43. The minimum Gasteiger partial charge on any atom is -0.0599 e. The zero-order valence-corrected chi connectivity index (χ0v) is 15.4. The van der Waals surface area contributed by atoms with Gasteiger partial charge in [0.1, 0.15) is 0 Å². The topological polar surface area (TPSA) is 0 Å². The van der Waals surface area contributed by atoms with Crippen molar-refractivity contribution in [1.82, 2.24) is 0 Å². The number of rotatable bonds is 0. The first-order chi connectivity index (χ1) is 9.66. The van der Waals surface area contributed by atoms with Crippen LogP contribution in [0.15, 0.2) is 0 Å². The first-order valence-electron chi connectivity index (χ1n) is 9.66. The second-order valence-corrected chi connectivity index (χ2v) is 10.8. The minimum absolute atomic E-state index is 0.534. The van der Waals surface area contributed by atoms with E-state index in [9.17, 15) is 0 Å². The molecule has 3 rings (SSSR count). The molecule has 0 saturated heterocycles. The highest BCUT2D eigenvalue weighted by Crippen LogP contribution is 2.59. The van der Waals surface area contributed by atoms with Crippen LogP contribution in [-0.2, 0) is 0 Å². The molecule has 0 heteroatoms. The molecule has 0 spiro atoms. The lowest BCUT2D eigenvalue weighted by atomic mass is 9.62. The molecule has 0 aliphatic heterocycles. The predicted octanol–water partition coefficient (Wildman–Crippen LogP) is 6.55. The maximum absolute atomic E-state index is 2.47. The Morgan fingerprint density at radius 2 is 0.905 bits per heavy atom. The van der Waals surface area contributed by atoms with Crippen molar-refractivity contribution < 1.29 is 0 Å². The largest absolute Gasteiger partial charge is 0.0599 e. The van der Waals surface area contributed by atoms with Gasteiger partial charge in [0, 0.05) is 0 Å². The van der Waals surface area contributed by atoms with Crippen LogP contribution in [0.1, 0.15) is 86.5 Å². The SMILES string of the molecule is CC(C)(C)C1CCC2C(CC3CC(C(C)(C)C)CCC32)C1. The maximum atomic E-state index is 2.47. The molecule has 122 valence electrons. The molecule has 0 bridgehead atoms. The van der Waals surface area contributed by atoms with Gasteiger partial charge in [-0.25, -0.2) is 0 Å². The molecule has 0 aromatic heterocycles. The highest BCUT2D eigenvalue weighted by atomic mass is 14.5. The Kier molecular flexibility index (Phi) is 3.99. The summed E-state index contributed by atoms with van der Waals surface area (Å²) in [5.41, 5.74) is 1.07. The van der Waals surface area contributed by atoms with Crippen molar-refractivity contribution in [1.29, 1.82) is 0 Å². The van der Waals surface area contributed by atoms with Gasteiger partial charge in [-0.1, -0.05) is 41.5 Å². The van der Waals surface area contributed by atoms with E-state index in [0.717, 1.165) is 35.5 Å². The lowest BCUT2D eigenvalue weighted by Crippen LogP contribution is -2.33. The van der Waals surface area contributed by atoms with Crippen molar-refractivity contribution in [3.63, 3.8) is 0 Å². The number of hydrogen-bond donors (Lipinski definition) is 0. The second-order valence-electron chi connectivity index (χ2n) is 10.8. The van der Waals surface area contributed by atoms with Gasteiger partial charge in [0.15, 0.2) is 0 Å². The molecule has 0 N–H and O–H groups in total. The average molecular weight is 291 g/mol. The molecule has 3 aliphatic rings. The quantitative estimate of drug-likeness (QED) is 0.474.